The minimum atomic E-state index is 0.259. The number of rotatable bonds is 1. The lowest BCUT2D eigenvalue weighted by Crippen LogP contribution is -2.68. The van der Waals surface area contributed by atoms with Crippen LogP contribution >= 0.6 is 0 Å². The Balaban J connectivity index is 1.73. The highest BCUT2D eigenvalue weighted by molar-refractivity contribution is 6.06. The molecule has 2 nitrogen and oxygen atoms in total. The van der Waals surface area contributed by atoms with Gasteiger partial charge in [-0.25, -0.2) is 0 Å². The van der Waals surface area contributed by atoms with Crippen molar-refractivity contribution in [3.05, 3.63) is 42.0 Å². The first-order chi connectivity index (χ1) is 12.3. The average molecular weight is 348 g/mol. The molecule has 0 spiro atoms. The summed E-state index contributed by atoms with van der Waals surface area (Å²) >= 11 is 0. The molecule has 4 unspecified atom stereocenters. The van der Waals surface area contributed by atoms with E-state index in [0.717, 1.165) is 17.1 Å². The first kappa shape index (κ1) is 16.2. The predicted molar refractivity (Wildman–Crippen MR) is 110 cm³/mol. The maximum atomic E-state index is 6.11. The molecule has 4 atom stereocenters. The molecule has 3 aliphatic rings. The van der Waals surface area contributed by atoms with Gasteiger partial charge in [-0.3, -0.25) is 0 Å². The maximum Gasteiger partial charge on any atom is 0.135 e. The van der Waals surface area contributed by atoms with Gasteiger partial charge in [0.1, 0.15) is 11.2 Å². The fraction of sp³-hybridized carbons (Fsp3) is 0.500. The summed E-state index contributed by atoms with van der Waals surface area (Å²) < 4.78 is 6.11. The van der Waals surface area contributed by atoms with Gasteiger partial charge in [-0.05, 0) is 75.1 Å². The van der Waals surface area contributed by atoms with E-state index in [1.807, 2.05) is 6.07 Å². The van der Waals surface area contributed by atoms with Crippen molar-refractivity contribution in [3.63, 3.8) is 0 Å². The van der Waals surface area contributed by atoms with Crippen LogP contribution in [0.2, 0.25) is 0 Å². The number of para-hydroxylation sites is 1. The normalized spacial score (nSPS) is 34.1. The van der Waals surface area contributed by atoms with Crippen LogP contribution in [-0.4, -0.2) is 11.6 Å². The number of nitrogens with zero attached hydrogens (tertiary/aromatic N) is 1. The standard InChI is InChI=1S/C24H29NO/c1-15-12-22-19(18-8-6-7-9-21(18)26-22)13-20(15)25-17(3)24(5)11-10-23(25,4)14-16(24)2/h6-9,12-13,16-17H,10-11,14H2,1-5H3. The molecule has 2 aromatic carbocycles. The van der Waals surface area contributed by atoms with Crippen molar-refractivity contribution in [1.29, 1.82) is 0 Å². The van der Waals surface area contributed by atoms with Crippen LogP contribution in [0.25, 0.3) is 21.9 Å². The van der Waals surface area contributed by atoms with E-state index in [0.29, 0.717) is 11.5 Å². The summed E-state index contributed by atoms with van der Waals surface area (Å²) in [5.41, 5.74) is 5.38. The van der Waals surface area contributed by atoms with Crippen LogP contribution in [0.4, 0.5) is 5.69 Å². The van der Waals surface area contributed by atoms with E-state index >= 15 is 0 Å². The van der Waals surface area contributed by atoms with Gasteiger partial charge in [0, 0.05) is 28.0 Å². The molecule has 136 valence electrons. The number of hydrogen-bond acceptors (Lipinski definition) is 2. The van der Waals surface area contributed by atoms with Gasteiger partial charge in [0.2, 0.25) is 0 Å². The zero-order chi connectivity index (χ0) is 18.3. The second-order valence-electron chi connectivity index (χ2n) is 9.39. The molecule has 2 saturated heterocycles. The molecular formula is C24H29NO. The summed E-state index contributed by atoms with van der Waals surface area (Å²) in [6, 6.07) is 13.6. The van der Waals surface area contributed by atoms with Crippen LogP contribution in [0.3, 0.4) is 0 Å². The number of fused-ring (bicyclic) bond motifs is 6. The van der Waals surface area contributed by atoms with Crippen LogP contribution in [0.15, 0.2) is 40.8 Å². The molecule has 3 aromatic rings. The summed E-state index contributed by atoms with van der Waals surface area (Å²) in [5, 5.41) is 2.47. The lowest BCUT2D eigenvalue weighted by molar-refractivity contribution is -0.00504. The van der Waals surface area contributed by atoms with E-state index in [2.05, 4.69) is 69.9 Å². The van der Waals surface area contributed by atoms with E-state index in [-0.39, 0.29) is 5.54 Å². The monoisotopic (exact) mass is 347 g/mol. The van der Waals surface area contributed by atoms with Crippen molar-refractivity contribution >= 4 is 27.6 Å². The van der Waals surface area contributed by atoms with Gasteiger partial charge in [0.15, 0.2) is 0 Å². The molecular weight excluding hydrogens is 318 g/mol. The summed E-state index contributed by atoms with van der Waals surface area (Å²) in [5.74, 6) is 0.784. The molecule has 2 heteroatoms. The number of benzene rings is 2. The lowest BCUT2D eigenvalue weighted by atomic mass is 9.54. The third-order valence-corrected chi connectivity index (χ3v) is 7.95. The zero-order valence-electron chi connectivity index (χ0n) is 16.6. The number of anilines is 1. The van der Waals surface area contributed by atoms with Crippen LogP contribution in [0, 0.1) is 18.3 Å². The molecule has 0 N–H and O–H groups in total. The molecule has 1 aliphatic carbocycles. The highest BCUT2D eigenvalue weighted by atomic mass is 16.3. The molecule has 2 aliphatic heterocycles. The molecule has 6 rings (SSSR count). The third kappa shape index (κ3) is 1.93. The Hall–Kier alpha value is -1.96. The van der Waals surface area contributed by atoms with Crippen molar-refractivity contribution in [2.24, 2.45) is 11.3 Å². The lowest BCUT2D eigenvalue weighted by Gasteiger charge is -2.65. The molecule has 1 aromatic heterocycles. The highest BCUT2D eigenvalue weighted by Gasteiger charge is 2.56. The van der Waals surface area contributed by atoms with Crippen LogP contribution in [-0.2, 0) is 0 Å². The fourth-order valence-corrected chi connectivity index (χ4v) is 6.00. The minimum absolute atomic E-state index is 0.259. The van der Waals surface area contributed by atoms with E-state index in [1.165, 1.54) is 41.3 Å². The first-order valence-electron chi connectivity index (χ1n) is 10.0. The van der Waals surface area contributed by atoms with Crippen molar-refractivity contribution in [2.75, 3.05) is 4.90 Å². The van der Waals surface area contributed by atoms with Gasteiger partial charge in [0.25, 0.3) is 0 Å². The van der Waals surface area contributed by atoms with Gasteiger partial charge in [-0.1, -0.05) is 32.0 Å². The second-order valence-corrected chi connectivity index (χ2v) is 9.39. The zero-order valence-corrected chi connectivity index (χ0v) is 16.6. The van der Waals surface area contributed by atoms with E-state index < -0.39 is 0 Å². The number of aryl methyl sites for hydroxylation is 1. The minimum Gasteiger partial charge on any atom is -0.456 e. The van der Waals surface area contributed by atoms with Gasteiger partial charge < -0.3 is 9.32 Å². The average Bonchev–Trinajstić information content (AvgIpc) is 2.95. The molecule has 0 amide bonds. The number of hydrogen-bond donors (Lipinski definition) is 0. The Kier molecular flexibility index (Phi) is 3.16. The molecule has 3 heterocycles. The Bertz CT molecular complexity index is 1020. The summed E-state index contributed by atoms with van der Waals surface area (Å²) in [6.45, 7) is 12.1. The van der Waals surface area contributed by atoms with Crippen molar-refractivity contribution in [3.8, 4) is 0 Å². The van der Waals surface area contributed by atoms with E-state index in [1.54, 1.807) is 0 Å². The van der Waals surface area contributed by atoms with Gasteiger partial charge in [0.05, 0.1) is 0 Å². The Labute approximate surface area is 156 Å². The van der Waals surface area contributed by atoms with E-state index in [9.17, 15) is 0 Å². The Morgan fingerprint density at radius 1 is 1.00 bits per heavy atom. The van der Waals surface area contributed by atoms with Gasteiger partial charge in [-0.15, -0.1) is 0 Å². The largest absolute Gasteiger partial charge is 0.456 e. The summed E-state index contributed by atoms with van der Waals surface area (Å²) in [4.78, 5) is 2.76. The fourth-order valence-electron chi connectivity index (χ4n) is 6.00. The van der Waals surface area contributed by atoms with Crippen molar-refractivity contribution in [2.45, 2.75) is 65.5 Å². The number of furan rings is 1. The molecule has 0 radical (unpaired) electrons. The topological polar surface area (TPSA) is 16.4 Å². The highest BCUT2D eigenvalue weighted by Crippen LogP contribution is 2.58. The van der Waals surface area contributed by atoms with Crippen LogP contribution in [0.1, 0.15) is 52.5 Å². The van der Waals surface area contributed by atoms with Gasteiger partial charge >= 0.3 is 0 Å². The van der Waals surface area contributed by atoms with Crippen LogP contribution in [0.5, 0.6) is 0 Å². The smallest absolute Gasteiger partial charge is 0.135 e. The maximum absolute atomic E-state index is 6.11. The quantitative estimate of drug-likeness (QED) is 0.487. The van der Waals surface area contributed by atoms with Crippen molar-refractivity contribution < 1.29 is 4.42 Å². The van der Waals surface area contributed by atoms with E-state index in [4.69, 9.17) is 4.42 Å². The Morgan fingerprint density at radius 3 is 2.54 bits per heavy atom. The predicted octanol–water partition coefficient (Wildman–Crippen LogP) is 6.69. The SMILES string of the molecule is Cc1cc2oc3ccccc3c2cc1N1C(C)C2(C)CCC1(C)CC2C. The second kappa shape index (κ2) is 5.06. The third-order valence-electron chi connectivity index (χ3n) is 7.95. The van der Waals surface area contributed by atoms with Crippen LogP contribution < -0.4 is 4.90 Å². The summed E-state index contributed by atoms with van der Waals surface area (Å²) in [6.07, 6.45) is 3.93. The van der Waals surface area contributed by atoms with Gasteiger partial charge in [-0.2, -0.15) is 0 Å². The summed E-state index contributed by atoms with van der Waals surface area (Å²) in [7, 11) is 0. The molecule has 1 saturated carbocycles. The molecule has 2 bridgehead atoms. The molecule has 3 fully saturated rings. The number of piperidine rings is 2. The first-order valence-corrected chi connectivity index (χ1v) is 10.0. The molecule has 26 heavy (non-hydrogen) atoms. The Morgan fingerprint density at radius 2 is 1.77 bits per heavy atom. The van der Waals surface area contributed by atoms with Crippen molar-refractivity contribution in [1.82, 2.24) is 0 Å².